The number of anilines is 1. The summed E-state index contributed by atoms with van der Waals surface area (Å²) in [5.74, 6) is -0.576. The number of nitrogens with one attached hydrogen (secondary N) is 3. The molecule has 9 nitrogen and oxygen atoms in total. The van der Waals surface area contributed by atoms with Crippen LogP contribution < -0.4 is 21.1 Å². The summed E-state index contributed by atoms with van der Waals surface area (Å²) in [7, 11) is 0. The minimum atomic E-state index is -4.54. The largest absolute Gasteiger partial charge is 0.405 e. The van der Waals surface area contributed by atoms with E-state index in [0.29, 0.717) is 37.9 Å². The first-order valence-electron chi connectivity index (χ1n) is 13.3. The summed E-state index contributed by atoms with van der Waals surface area (Å²) in [5, 5.41) is 1.90. The average molecular weight is 537 g/mol. The van der Waals surface area contributed by atoms with E-state index >= 15 is 0 Å². The van der Waals surface area contributed by atoms with Crippen molar-refractivity contribution in [3.63, 3.8) is 0 Å². The second-order valence-corrected chi connectivity index (χ2v) is 10.9. The third-order valence-corrected chi connectivity index (χ3v) is 8.73. The first-order chi connectivity index (χ1) is 18.1. The van der Waals surface area contributed by atoms with Gasteiger partial charge >= 0.3 is 6.18 Å². The van der Waals surface area contributed by atoms with Gasteiger partial charge in [-0.15, -0.1) is 0 Å². The first-order valence-corrected chi connectivity index (χ1v) is 13.3. The molecule has 5 rings (SSSR count). The van der Waals surface area contributed by atoms with Crippen LogP contribution in [0.25, 0.3) is 0 Å². The van der Waals surface area contributed by atoms with Crippen LogP contribution >= 0.6 is 0 Å². The number of para-hydroxylation sites is 1. The van der Waals surface area contributed by atoms with Crippen LogP contribution in [-0.4, -0.2) is 84.2 Å². The summed E-state index contributed by atoms with van der Waals surface area (Å²) in [6.07, 6.45) is -1.12. The van der Waals surface area contributed by atoms with E-state index in [4.69, 9.17) is 0 Å². The van der Waals surface area contributed by atoms with Gasteiger partial charge in [0.25, 0.3) is 5.91 Å². The lowest BCUT2D eigenvalue weighted by Crippen LogP contribution is -2.58. The lowest BCUT2D eigenvalue weighted by molar-refractivity contribution is -0.147. The number of benzene rings is 1. The molecule has 1 spiro atoms. The van der Waals surface area contributed by atoms with E-state index in [1.165, 1.54) is 11.8 Å². The Morgan fingerprint density at radius 2 is 1.87 bits per heavy atom. The van der Waals surface area contributed by atoms with Gasteiger partial charge in [0.15, 0.2) is 0 Å². The molecule has 0 radical (unpaired) electrons. The number of fused-ring (bicyclic) bond motifs is 1. The summed E-state index contributed by atoms with van der Waals surface area (Å²) in [6.45, 7) is 1.78. The van der Waals surface area contributed by atoms with E-state index in [-0.39, 0.29) is 24.4 Å². The molecule has 1 aliphatic carbocycles. The van der Waals surface area contributed by atoms with Crippen LogP contribution in [0.5, 0.6) is 0 Å². The number of piperidine rings is 1. The number of hydrogen-bond donors (Lipinski definition) is 3. The zero-order valence-corrected chi connectivity index (χ0v) is 21.5. The molecule has 0 aromatic heterocycles. The molecule has 4 aliphatic rings. The van der Waals surface area contributed by atoms with Crippen LogP contribution in [0.4, 0.5) is 18.9 Å². The summed E-state index contributed by atoms with van der Waals surface area (Å²) in [6, 6.07) is 8.69. The van der Waals surface area contributed by atoms with E-state index in [1.807, 2.05) is 45.4 Å². The zero-order valence-electron chi connectivity index (χ0n) is 21.5. The number of halogens is 3. The Morgan fingerprint density at radius 3 is 2.55 bits per heavy atom. The zero-order chi connectivity index (χ0) is 27.1. The molecule has 12 heteroatoms. The molecule has 3 unspecified atom stereocenters. The lowest BCUT2D eigenvalue weighted by atomic mass is 9.77. The fourth-order valence-corrected chi connectivity index (χ4v) is 6.51. The molecule has 3 amide bonds. The van der Waals surface area contributed by atoms with Crippen molar-refractivity contribution in [1.29, 1.82) is 0 Å². The van der Waals surface area contributed by atoms with Crippen molar-refractivity contribution in [3.05, 3.63) is 30.3 Å². The molecule has 208 valence electrons. The Hall–Kier alpha value is -2.86. The van der Waals surface area contributed by atoms with E-state index in [0.717, 1.165) is 31.5 Å². The van der Waals surface area contributed by atoms with E-state index in [2.05, 4.69) is 10.9 Å². The molecule has 38 heavy (non-hydrogen) atoms. The summed E-state index contributed by atoms with van der Waals surface area (Å²) in [4.78, 5) is 45.0. The third kappa shape index (κ3) is 5.07. The maximum Gasteiger partial charge on any atom is 0.405 e. The number of hydrazine groups is 1. The van der Waals surface area contributed by atoms with Gasteiger partial charge in [-0.05, 0) is 57.1 Å². The molecule has 3 N–H and O–H groups in total. The highest BCUT2D eigenvalue weighted by molar-refractivity contribution is 5.97. The van der Waals surface area contributed by atoms with Crippen LogP contribution in [0, 0.1) is 11.8 Å². The number of hydrogen-bond acceptors (Lipinski definition) is 6. The lowest BCUT2D eigenvalue weighted by Gasteiger charge is -2.44. The van der Waals surface area contributed by atoms with Crippen molar-refractivity contribution in [1.82, 2.24) is 26.0 Å². The topological polar surface area (TPSA) is 97.0 Å². The van der Waals surface area contributed by atoms with Crippen molar-refractivity contribution in [2.24, 2.45) is 11.8 Å². The number of rotatable bonds is 5. The highest BCUT2D eigenvalue weighted by Gasteiger charge is 2.56. The van der Waals surface area contributed by atoms with Crippen molar-refractivity contribution >= 4 is 23.4 Å². The fourth-order valence-electron chi connectivity index (χ4n) is 6.51. The number of carbonyl (C=O) groups excluding carboxylic acids is 3. The molecule has 1 aromatic rings. The van der Waals surface area contributed by atoms with Gasteiger partial charge in [0, 0.05) is 37.3 Å². The standard InChI is InChI=1S/C26H35F3N6O3/c1-17(22(36)30-15-26(27,28)29)34-16-35(20-5-3-2-4-6-20)25(24(34)38)9-11-33(12-10-25)23(37)18-7-8-21-19(13-18)14-31-32-21/h2-6,17-19,21,31-32H,7-16H2,1H3,(H,30,36)/t17-,18?,19?,21?/m0/s1. The molecule has 1 aromatic carbocycles. The predicted molar refractivity (Wildman–Crippen MR) is 133 cm³/mol. The Morgan fingerprint density at radius 1 is 1.16 bits per heavy atom. The molecule has 3 aliphatic heterocycles. The summed E-state index contributed by atoms with van der Waals surface area (Å²) >= 11 is 0. The van der Waals surface area contributed by atoms with E-state index in [9.17, 15) is 27.6 Å². The van der Waals surface area contributed by atoms with Crippen molar-refractivity contribution < 1.29 is 27.6 Å². The molecule has 1 saturated carbocycles. The number of likely N-dealkylation sites (tertiary alicyclic amines) is 1. The number of carbonyl (C=O) groups is 3. The minimum Gasteiger partial charge on any atom is -0.345 e. The van der Waals surface area contributed by atoms with Crippen molar-refractivity contribution in [3.8, 4) is 0 Å². The third-order valence-electron chi connectivity index (χ3n) is 8.73. The molecule has 3 saturated heterocycles. The number of alkyl halides is 3. The van der Waals surface area contributed by atoms with Crippen LogP contribution in [0.2, 0.25) is 0 Å². The summed E-state index contributed by atoms with van der Waals surface area (Å²) < 4.78 is 38.0. The van der Waals surface area contributed by atoms with Gasteiger partial charge in [-0.25, -0.2) is 0 Å². The minimum absolute atomic E-state index is 0.0228. The molecule has 4 fully saturated rings. The van der Waals surface area contributed by atoms with Crippen molar-refractivity contribution in [2.75, 3.05) is 37.7 Å². The highest BCUT2D eigenvalue weighted by atomic mass is 19.4. The number of nitrogens with zero attached hydrogens (tertiary/aromatic N) is 3. The maximum atomic E-state index is 13.9. The van der Waals surface area contributed by atoms with Gasteiger partial charge in [0.1, 0.15) is 18.1 Å². The predicted octanol–water partition coefficient (Wildman–Crippen LogP) is 1.61. The van der Waals surface area contributed by atoms with Gasteiger partial charge in [-0.1, -0.05) is 18.2 Å². The average Bonchev–Trinajstić information content (AvgIpc) is 3.49. The smallest absolute Gasteiger partial charge is 0.345 e. The maximum absolute atomic E-state index is 13.9. The molecule has 4 atom stereocenters. The van der Waals surface area contributed by atoms with Crippen LogP contribution in [0.15, 0.2) is 30.3 Å². The van der Waals surface area contributed by atoms with Crippen LogP contribution in [0.1, 0.15) is 39.0 Å². The van der Waals surface area contributed by atoms with E-state index < -0.39 is 30.2 Å². The Kier molecular flexibility index (Phi) is 7.29. The normalized spacial score (nSPS) is 27.9. The second kappa shape index (κ2) is 10.4. The van der Waals surface area contributed by atoms with Crippen molar-refractivity contribution in [2.45, 2.75) is 62.8 Å². The first kappa shape index (κ1) is 26.7. The van der Waals surface area contributed by atoms with Gasteiger partial charge < -0.3 is 20.0 Å². The van der Waals surface area contributed by atoms with Gasteiger partial charge in [0.2, 0.25) is 11.8 Å². The number of amides is 3. The molecule has 3 heterocycles. The summed E-state index contributed by atoms with van der Waals surface area (Å²) in [5.41, 5.74) is 6.31. The Balaban J connectivity index is 1.30. The monoisotopic (exact) mass is 536 g/mol. The van der Waals surface area contributed by atoms with Gasteiger partial charge in [0.05, 0.1) is 6.67 Å². The van der Waals surface area contributed by atoms with Crippen LogP contribution in [0.3, 0.4) is 0 Å². The van der Waals surface area contributed by atoms with Gasteiger partial charge in [-0.2, -0.15) is 13.2 Å². The Labute approximate surface area is 220 Å². The van der Waals surface area contributed by atoms with Crippen LogP contribution in [-0.2, 0) is 14.4 Å². The second-order valence-electron chi connectivity index (χ2n) is 10.9. The SMILES string of the molecule is C[C@@H](C(=O)NCC(F)(F)F)N1CN(c2ccccc2)C2(CCN(C(=O)C3CCC4NNCC4C3)CC2)C1=O. The fraction of sp³-hybridized carbons (Fsp3) is 0.654. The molecular weight excluding hydrogens is 501 g/mol. The quantitative estimate of drug-likeness (QED) is 0.529. The molecule has 0 bridgehead atoms. The highest BCUT2D eigenvalue weighted by Crippen LogP contribution is 2.41. The van der Waals surface area contributed by atoms with E-state index in [1.54, 1.807) is 0 Å². The molecular formula is C26H35F3N6O3. The Bertz CT molecular complexity index is 1050. The van der Waals surface area contributed by atoms with Gasteiger partial charge in [-0.3, -0.25) is 25.2 Å².